The van der Waals surface area contributed by atoms with Crippen molar-refractivity contribution in [1.82, 2.24) is 0 Å². The molecule has 1 amide bonds. The lowest BCUT2D eigenvalue weighted by Crippen LogP contribution is -1.91. The highest BCUT2D eigenvalue weighted by molar-refractivity contribution is 5.76. The normalized spacial score (nSPS) is 10.1. The van der Waals surface area contributed by atoms with Crippen molar-refractivity contribution < 1.29 is 4.79 Å². The van der Waals surface area contributed by atoms with Gasteiger partial charge < -0.3 is 0 Å². The lowest BCUT2D eigenvalue weighted by atomic mass is 10.1. The van der Waals surface area contributed by atoms with Crippen LogP contribution in [0.4, 0.5) is 0 Å². The number of carbonyl (C=O) groups excluding carboxylic acids is 1. The minimum atomic E-state index is -0.326. The van der Waals surface area contributed by atoms with Crippen LogP contribution in [-0.4, -0.2) is 5.91 Å². The quantitative estimate of drug-likeness (QED) is 0.195. The summed E-state index contributed by atoms with van der Waals surface area (Å²) in [5.41, 5.74) is 8.05. The van der Waals surface area contributed by atoms with Crippen molar-refractivity contribution in [2.75, 3.05) is 0 Å². The van der Waals surface area contributed by atoms with E-state index in [4.69, 9.17) is 5.53 Å². The molecule has 104 valence electrons. The number of azide groups is 1. The van der Waals surface area contributed by atoms with E-state index in [9.17, 15) is 4.79 Å². The van der Waals surface area contributed by atoms with Gasteiger partial charge in [-0.05, 0) is 17.1 Å². The molecule has 0 atom stereocenters. The third-order valence-electron chi connectivity index (χ3n) is 3.15. The van der Waals surface area contributed by atoms with Crippen LogP contribution in [0.3, 0.4) is 0 Å². The monoisotopic (exact) mass is 253 g/mol. The van der Waals surface area contributed by atoms with Gasteiger partial charge in [-0.2, -0.15) is 0 Å². The fourth-order valence-electron chi connectivity index (χ4n) is 2.04. The molecular weight excluding hydrogens is 226 g/mol. The average molecular weight is 253 g/mol. The van der Waals surface area contributed by atoms with E-state index in [0.717, 1.165) is 12.8 Å². The number of carbonyl (C=O) groups is 1. The Bertz CT molecular complexity index is 247. The highest BCUT2D eigenvalue weighted by atomic mass is 16.1. The Morgan fingerprint density at radius 2 is 1.33 bits per heavy atom. The summed E-state index contributed by atoms with van der Waals surface area (Å²) in [4.78, 5) is 13.4. The predicted molar refractivity (Wildman–Crippen MR) is 75.2 cm³/mol. The van der Waals surface area contributed by atoms with Crippen LogP contribution in [0.25, 0.3) is 10.4 Å². The van der Waals surface area contributed by atoms with Gasteiger partial charge in [0, 0.05) is 11.3 Å². The maximum atomic E-state index is 10.9. The van der Waals surface area contributed by atoms with Crippen LogP contribution in [0.1, 0.15) is 84.0 Å². The SMILES string of the molecule is CCCCCCCCCCCCCC(=O)N=[N+]=[N-]. The van der Waals surface area contributed by atoms with Crippen LogP contribution >= 0.6 is 0 Å². The standard InChI is InChI=1S/C14H27N3O/c1-2-3-4-5-6-7-8-9-10-11-12-13-14(18)16-17-15/h2-13H2,1H3. The molecule has 0 aliphatic heterocycles. The zero-order valence-electron chi connectivity index (χ0n) is 11.7. The summed E-state index contributed by atoms with van der Waals surface area (Å²) in [6.45, 7) is 2.24. The Hall–Kier alpha value is -1.02. The van der Waals surface area contributed by atoms with E-state index in [1.54, 1.807) is 0 Å². The molecule has 0 unspecified atom stereocenters. The molecule has 4 heteroatoms. The van der Waals surface area contributed by atoms with Crippen LogP contribution in [0.2, 0.25) is 0 Å². The van der Waals surface area contributed by atoms with Crippen molar-refractivity contribution in [3.63, 3.8) is 0 Å². The van der Waals surface area contributed by atoms with E-state index in [2.05, 4.69) is 16.9 Å². The molecule has 0 heterocycles. The summed E-state index contributed by atoms with van der Waals surface area (Å²) in [5, 5.41) is 3.05. The third-order valence-corrected chi connectivity index (χ3v) is 3.15. The highest BCUT2D eigenvalue weighted by Crippen LogP contribution is 2.11. The summed E-state index contributed by atoms with van der Waals surface area (Å²) in [6.07, 6.45) is 14.3. The van der Waals surface area contributed by atoms with Crippen molar-refractivity contribution in [2.45, 2.75) is 84.0 Å². The molecule has 0 spiro atoms. The van der Waals surface area contributed by atoms with E-state index in [-0.39, 0.29) is 5.91 Å². The van der Waals surface area contributed by atoms with Crippen LogP contribution in [0.15, 0.2) is 5.11 Å². The van der Waals surface area contributed by atoms with Crippen LogP contribution in [0, 0.1) is 0 Å². The molecule has 0 aromatic rings. The summed E-state index contributed by atoms with van der Waals surface area (Å²) in [7, 11) is 0. The summed E-state index contributed by atoms with van der Waals surface area (Å²) >= 11 is 0. The summed E-state index contributed by atoms with van der Waals surface area (Å²) < 4.78 is 0. The van der Waals surface area contributed by atoms with Crippen molar-refractivity contribution in [2.24, 2.45) is 5.11 Å². The number of nitrogens with zero attached hydrogens (tertiary/aromatic N) is 3. The number of unbranched alkanes of at least 4 members (excludes halogenated alkanes) is 10. The fraction of sp³-hybridized carbons (Fsp3) is 0.929. The van der Waals surface area contributed by atoms with E-state index >= 15 is 0 Å². The van der Waals surface area contributed by atoms with E-state index in [1.807, 2.05) is 0 Å². The maximum Gasteiger partial charge on any atom is 0.218 e. The van der Waals surface area contributed by atoms with E-state index < -0.39 is 0 Å². The van der Waals surface area contributed by atoms with Gasteiger partial charge in [-0.15, -0.1) is 0 Å². The third kappa shape index (κ3) is 13.0. The largest absolute Gasteiger partial charge is 0.293 e. The zero-order chi connectivity index (χ0) is 13.5. The Morgan fingerprint density at radius 3 is 1.78 bits per heavy atom. The summed E-state index contributed by atoms with van der Waals surface area (Å²) in [5.74, 6) is -0.326. The van der Waals surface area contributed by atoms with Crippen LogP contribution < -0.4 is 0 Å². The molecule has 0 fully saturated rings. The Morgan fingerprint density at radius 1 is 0.889 bits per heavy atom. The number of hydrogen-bond donors (Lipinski definition) is 0. The molecule has 0 N–H and O–H groups in total. The lowest BCUT2D eigenvalue weighted by Gasteiger charge is -2.01. The molecule has 0 aromatic carbocycles. The minimum absolute atomic E-state index is 0.326. The van der Waals surface area contributed by atoms with E-state index in [0.29, 0.717) is 6.42 Å². The molecule has 0 aliphatic rings. The smallest absolute Gasteiger partial charge is 0.218 e. The van der Waals surface area contributed by atoms with Gasteiger partial charge in [0.05, 0.1) is 0 Å². The highest BCUT2D eigenvalue weighted by Gasteiger charge is 1.97. The lowest BCUT2D eigenvalue weighted by molar-refractivity contribution is -0.118. The molecule has 0 aromatic heterocycles. The molecular formula is C14H27N3O. The predicted octanol–water partition coefficient (Wildman–Crippen LogP) is 5.52. The second kappa shape index (κ2) is 14.0. The maximum absolute atomic E-state index is 10.9. The topological polar surface area (TPSA) is 65.8 Å². The van der Waals surface area contributed by atoms with Crippen molar-refractivity contribution in [3.8, 4) is 0 Å². The molecule has 0 saturated heterocycles. The van der Waals surface area contributed by atoms with Gasteiger partial charge in [0.1, 0.15) is 0 Å². The Balaban J connectivity index is 3.07. The first-order valence-corrected chi connectivity index (χ1v) is 7.39. The van der Waals surface area contributed by atoms with Gasteiger partial charge in [-0.3, -0.25) is 4.79 Å². The Kier molecular flexibility index (Phi) is 13.2. The van der Waals surface area contributed by atoms with Gasteiger partial charge in [-0.1, -0.05) is 71.1 Å². The first-order chi connectivity index (χ1) is 8.81. The van der Waals surface area contributed by atoms with Gasteiger partial charge in [-0.25, -0.2) is 0 Å². The number of amides is 1. The van der Waals surface area contributed by atoms with Crippen LogP contribution in [-0.2, 0) is 4.79 Å². The first kappa shape index (κ1) is 17.0. The molecule has 18 heavy (non-hydrogen) atoms. The van der Waals surface area contributed by atoms with Crippen molar-refractivity contribution in [3.05, 3.63) is 10.4 Å². The number of rotatable bonds is 12. The summed E-state index contributed by atoms with van der Waals surface area (Å²) in [6, 6.07) is 0. The average Bonchev–Trinajstić information content (AvgIpc) is 2.36. The van der Waals surface area contributed by atoms with Gasteiger partial charge in [0.15, 0.2) is 0 Å². The van der Waals surface area contributed by atoms with Crippen molar-refractivity contribution in [1.29, 1.82) is 0 Å². The minimum Gasteiger partial charge on any atom is -0.293 e. The fourth-order valence-corrected chi connectivity index (χ4v) is 2.04. The zero-order valence-corrected chi connectivity index (χ0v) is 11.7. The van der Waals surface area contributed by atoms with Gasteiger partial charge >= 0.3 is 0 Å². The Labute approximate surface area is 111 Å². The van der Waals surface area contributed by atoms with Gasteiger partial charge in [0.2, 0.25) is 5.91 Å². The first-order valence-electron chi connectivity index (χ1n) is 7.39. The molecule has 0 rings (SSSR count). The molecule has 0 radical (unpaired) electrons. The molecule has 0 saturated carbocycles. The van der Waals surface area contributed by atoms with Crippen LogP contribution in [0.5, 0.6) is 0 Å². The van der Waals surface area contributed by atoms with Crippen molar-refractivity contribution >= 4 is 5.91 Å². The molecule has 0 bridgehead atoms. The number of hydrogen-bond acceptors (Lipinski definition) is 1. The second-order valence-electron chi connectivity index (χ2n) is 4.87. The second-order valence-corrected chi connectivity index (χ2v) is 4.87. The molecule has 0 aliphatic carbocycles. The molecule has 4 nitrogen and oxygen atoms in total. The van der Waals surface area contributed by atoms with Gasteiger partial charge in [0.25, 0.3) is 0 Å². The van der Waals surface area contributed by atoms with E-state index in [1.165, 1.54) is 57.8 Å².